The van der Waals surface area contributed by atoms with Gasteiger partial charge < -0.3 is 10.2 Å². The van der Waals surface area contributed by atoms with Crippen molar-refractivity contribution >= 4 is 38.4 Å². The number of carbonyl (C=O) groups excluding carboxylic acids is 1. The van der Waals surface area contributed by atoms with Crippen molar-refractivity contribution in [3.05, 3.63) is 12.3 Å². The van der Waals surface area contributed by atoms with E-state index in [1.165, 1.54) is 11.3 Å². The van der Waals surface area contributed by atoms with Gasteiger partial charge in [0, 0.05) is 19.3 Å². The Morgan fingerprint density at radius 3 is 3.12 bits per heavy atom. The molecule has 2 fully saturated rings. The van der Waals surface area contributed by atoms with Crippen molar-refractivity contribution in [2.24, 2.45) is 11.8 Å². The average Bonchev–Trinajstić information content (AvgIpc) is 3.17. The molecule has 0 bridgehead atoms. The average molecular weight is 345 g/mol. The second-order valence-corrected chi connectivity index (χ2v) is 7.24. The highest BCUT2D eigenvalue weighted by Crippen LogP contribution is 2.37. The third-order valence-electron chi connectivity index (χ3n) is 4.46. The standard InChI is InChI=1S/C16H16FN5OS/c17-11-6-10(11)15(23)21-14-13-12(3-4-19-14)20-16(24-13)22-5-1-2-9(7-18)8-22/h3-4,9-11H,1-2,5-6,8H2,(H,19,21,23)/t9-,10+,11-/m0/s1. The van der Waals surface area contributed by atoms with Crippen molar-refractivity contribution in [2.75, 3.05) is 23.3 Å². The van der Waals surface area contributed by atoms with Crippen molar-refractivity contribution in [1.29, 1.82) is 5.26 Å². The van der Waals surface area contributed by atoms with Crippen molar-refractivity contribution in [3.63, 3.8) is 0 Å². The van der Waals surface area contributed by atoms with Crippen molar-refractivity contribution in [1.82, 2.24) is 9.97 Å². The van der Waals surface area contributed by atoms with E-state index in [1.807, 2.05) is 0 Å². The maximum absolute atomic E-state index is 13.0. The Hall–Kier alpha value is -2.27. The van der Waals surface area contributed by atoms with Crippen LogP contribution in [0.2, 0.25) is 0 Å². The minimum Gasteiger partial charge on any atom is -0.347 e. The van der Waals surface area contributed by atoms with Gasteiger partial charge in [0.25, 0.3) is 0 Å². The molecule has 0 radical (unpaired) electrons. The lowest BCUT2D eigenvalue weighted by atomic mass is 10.0. The molecular weight excluding hydrogens is 329 g/mol. The zero-order valence-electron chi connectivity index (χ0n) is 12.9. The number of hydrogen-bond donors (Lipinski definition) is 1. The van der Waals surface area contributed by atoms with Gasteiger partial charge in [0.2, 0.25) is 5.91 Å². The van der Waals surface area contributed by atoms with Gasteiger partial charge in [-0.05, 0) is 25.3 Å². The predicted molar refractivity (Wildman–Crippen MR) is 89.6 cm³/mol. The lowest BCUT2D eigenvalue weighted by molar-refractivity contribution is -0.117. The first-order valence-corrected chi connectivity index (χ1v) is 8.82. The van der Waals surface area contributed by atoms with E-state index in [0.717, 1.165) is 34.7 Å². The highest BCUT2D eigenvalue weighted by Gasteiger charge is 2.43. The Kier molecular flexibility index (Phi) is 3.81. The molecule has 6 nitrogen and oxygen atoms in total. The van der Waals surface area contributed by atoms with Gasteiger partial charge in [-0.3, -0.25) is 4.79 Å². The van der Waals surface area contributed by atoms with Crippen LogP contribution in [0.5, 0.6) is 0 Å². The van der Waals surface area contributed by atoms with Gasteiger partial charge in [0.1, 0.15) is 6.17 Å². The summed E-state index contributed by atoms with van der Waals surface area (Å²) in [6.07, 6.45) is 2.74. The third kappa shape index (κ3) is 2.80. The van der Waals surface area contributed by atoms with Gasteiger partial charge in [-0.1, -0.05) is 11.3 Å². The van der Waals surface area contributed by atoms with E-state index in [0.29, 0.717) is 18.8 Å². The van der Waals surface area contributed by atoms with Crippen molar-refractivity contribution in [2.45, 2.75) is 25.4 Å². The van der Waals surface area contributed by atoms with Crippen molar-refractivity contribution in [3.8, 4) is 6.07 Å². The van der Waals surface area contributed by atoms with E-state index in [4.69, 9.17) is 5.26 Å². The molecule has 1 N–H and O–H groups in total. The number of rotatable bonds is 3. The molecule has 3 atom stereocenters. The molecule has 124 valence electrons. The number of nitriles is 1. The Morgan fingerprint density at radius 2 is 2.38 bits per heavy atom. The number of pyridine rings is 1. The molecule has 0 aromatic carbocycles. The number of fused-ring (bicyclic) bond motifs is 1. The summed E-state index contributed by atoms with van der Waals surface area (Å²) in [5, 5.41) is 12.7. The quantitative estimate of drug-likeness (QED) is 0.925. The second-order valence-electron chi connectivity index (χ2n) is 6.27. The topological polar surface area (TPSA) is 81.9 Å². The van der Waals surface area contributed by atoms with Gasteiger partial charge in [0.05, 0.1) is 28.1 Å². The second kappa shape index (κ2) is 5.98. The van der Waals surface area contributed by atoms with Crippen LogP contribution < -0.4 is 10.2 Å². The molecule has 1 saturated heterocycles. The number of piperidine rings is 1. The Bertz CT molecular complexity index is 831. The Balaban J connectivity index is 1.60. The number of carbonyl (C=O) groups is 1. The number of halogens is 1. The molecule has 2 aromatic rings. The maximum Gasteiger partial charge on any atom is 0.231 e. The highest BCUT2D eigenvalue weighted by atomic mass is 32.1. The number of nitrogens with zero attached hydrogens (tertiary/aromatic N) is 4. The van der Waals surface area contributed by atoms with Crippen LogP contribution in [0.15, 0.2) is 12.3 Å². The van der Waals surface area contributed by atoms with Crippen molar-refractivity contribution < 1.29 is 9.18 Å². The fourth-order valence-corrected chi connectivity index (χ4v) is 4.01. The molecule has 0 spiro atoms. The molecule has 24 heavy (non-hydrogen) atoms. The Labute approximate surface area is 142 Å². The molecule has 3 heterocycles. The summed E-state index contributed by atoms with van der Waals surface area (Å²) < 4.78 is 13.8. The monoisotopic (exact) mass is 345 g/mol. The van der Waals surface area contributed by atoms with Gasteiger partial charge in [-0.15, -0.1) is 0 Å². The maximum atomic E-state index is 13.0. The first-order valence-electron chi connectivity index (χ1n) is 8.00. The number of hydrogen-bond acceptors (Lipinski definition) is 6. The largest absolute Gasteiger partial charge is 0.347 e. The minimum atomic E-state index is -1.03. The molecule has 8 heteroatoms. The van der Waals surface area contributed by atoms with Gasteiger partial charge in [-0.2, -0.15) is 5.26 Å². The summed E-state index contributed by atoms with van der Waals surface area (Å²) >= 11 is 1.45. The summed E-state index contributed by atoms with van der Waals surface area (Å²) in [5.74, 6) is -0.401. The number of anilines is 2. The summed E-state index contributed by atoms with van der Waals surface area (Å²) in [5.41, 5.74) is 0.756. The van der Waals surface area contributed by atoms with Crippen LogP contribution in [0, 0.1) is 23.2 Å². The van der Waals surface area contributed by atoms with E-state index in [-0.39, 0.29) is 11.8 Å². The fourth-order valence-electron chi connectivity index (χ4n) is 2.97. The molecule has 2 aromatic heterocycles. The summed E-state index contributed by atoms with van der Waals surface area (Å²) in [6, 6.07) is 4.13. The highest BCUT2D eigenvalue weighted by molar-refractivity contribution is 7.22. The molecular formula is C16H16FN5OS. The number of aromatic nitrogens is 2. The SMILES string of the molecule is N#C[C@@H]1CCCN(c2nc3ccnc(NC(=O)[C@@H]4C[C@@H]4F)c3s2)C1. The molecule has 1 aliphatic carbocycles. The molecule has 2 aliphatic rings. The number of alkyl halides is 1. The molecule has 1 aliphatic heterocycles. The number of nitrogens with one attached hydrogen (secondary N) is 1. The fraction of sp³-hybridized carbons (Fsp3) is 0.500. The van der Waals surface area contributed by atoms with Crippen LogP contribution >= 0.6 is 11.3 Å². The first kappa shape index (κ1) is 15.3. The van der Waals surface area contributed by atoms with Crippen LogP contribution in [0.4, 0.5) is 15.3 Å². The summed E-state index contributed by atoms with van der Waals surface area (Å²) in [7, 11) is 0. The molecule has 1 saturated carbocycles. The van der Waals surface area contributed by atoms with Crippen LogP contribution in [0.25, 0.3) is 10.2 Å². The lowest BCUT2D eigenvalue weighted by Crippen LogP contribution is -2.34. The van der Waals surface area contributed by atoms with E-state index in [2.05, 4.69) is 26.3 Å². The molecule has 4 rings (SSSR count). The van der Waals surface area contributed by atoms with E-state index in [9.17, 15) is 9.18 Å². The van der Waals surface area contributed by atoms with Crippen LogP contribution in [-0.4, -0.2) is 35.1 Å². The summed E-state index contributed by atoms with van der Waals surface area (Å²) in [4.78, 5) is 22.9. The zero-order chi connectivity index (χ0) is 16.7. The number of amides is 1. The van der Waals surface area contributed by atoms with Crippen LogP contribution in [-0.2, 0) is 4.79 Å². The normalized spacial score (nSPS) is 26.2. The molecule has 1 amide bonds. The molecule has 0 unspecified atom stereocenters. The van der Waals surface area contributed by atoms with E-state index in [1.54, 1.807) is 12.3 Å². The van der Waals surface area contributed by atoms with Crippen LogP contribution in [0.3, 0.4) is 0 Å². The summed E-state index contributed by atoms with van der Waals surface area (Å²) in [6.45, 7) is 1.55. The van der Waals surface area contributed by atoms with Gasteiger partial charge >= 0.3 is 0 Å². The lowest BCUT2D eigenvalue weighted by Gasteiger charge is -2.28. The van der Waals surface area contributed by atoms with Gasteiger partial charge in [-0.25, -0.2) is 14.4 Å². The smallest absolute Gasteiger partial charge is 0.231 e. The number of thiazole rings is 1. The van der Waals surface area contributed by atoms with E-state index >= 15 is 0 Å². The predicted octanol–water partition coefficient (Wildman–Crippen LogP) is 2.73. The van der Waals surface area contributed by atoms with Gasteiger partial charge in [0.15, 0.2) is 10.9 Å². The minimum absolute atomic E-state index is 0.0272. The first-order chi connectivity index (χ1) is 11.7. The zero-order valence-corrected chi connectivity index (χ0v) is 13.7. The third-order valence-corrected chi connectivity index (χ3v) is 5.60. The van der Waals surface area contributed by atoms with Crippen LogP contribution in [0.1, 0.15) is 19.3 Å². The Morgan fingerprint density at radius 1 is 1.54 bits per heavy atom. The van der Waals surface area contributed by atoms with E-state index < -0.39 is 12.1 Å².